The molecule has 1 heterocycles. The monoisotopic (exact) mass is 248 g/mol. The summed E-state index contributed by atoms with van der Waals surface area (Å²) in [4.78, 5) is 14.1. The van der Waals surface area contributed by atoms with Crippen molar-refractivity contribution in [3.8, 4) is 0 Å². The lowest BCUT2D eigenvalue weighted by molar-refractivity contribution is -0.136. The van der Waals surface area contributed by atoms with Crippen LogP contribution in [-0.2, 0) is 4.79 Å². The minimum atomic E-state index is 0. The molecule has 0 unspecified atom stereocenters. The molecule has 1 N–H and O–H groups in total. The number of rotatable bonds is 5. The zero-order valence-electron chi connectivity index (χ0n) is 10.8. The van der Waals surface area contributed by atoms with Gasteiger partial charge in [-0.05, 0) is 24.8 Å². The molecule has 1 atom stereocenters. The Labute approximate surface area is 105 Å². The highest BCUT2D eigenvalue weighted by molar-refractivity contribution is 5.85. The van der Waals surface area contributed by atoms with E-state index in [9.17, 15) is 4.79 Å². The van der Waals surface area contributed by atoms with Gasteiger partial charge >= 0.3 is 0 Å². The van der Waals surface area contributed by atoms with Crippen molar-refractivity contribution in [3.63, 3.8) is 0 Å². The highest BCUT2D eigenvalue weighted by Crippen LogP contribution is 2.11. The summed E-state index contributed by atoms with van der Waals surface area (Å²) < 4.78 is 0. The third-order valence-corrected chi connectivity index (χ3v) is 2.60. The smallest absolute Gasteiger partial charge is 0.239 e. The Morgan fingerprint density at radius 1 is 1.25 bits per heavy atom. The van der Waals surface area contributed by atoms with Gasteiger partial charge in [-0.3, -0.25) is 4.79 Å². The fraction of sp³-hybridized carbons (Fsp3) is 0.917. The zero-order valence-corrected chi connectivity index (χ0v) is 11.6. The van der Waals surface area contributed by atoms with E-state index in [4.69, 9.17) is 0 Å². The molecule has 1 aliphatic heterocycles. The summed E-state index contributed by atoms with van der Waals surface area (Å²) in [6.45, 7) is 11.4. The predicted octanol–water partition coefficient (Wildman–Crippen LogP) is 1.91. The standard InChI is InChI=1S/C12H24N2O.ClH/c1-9(2)7-14(8-10(3)4)12(15)11-5-6-13-11;/h9-11,13H,5-8H2,1-4H3;1H/t11-;/m1./s1. The second kappa shape index (κ2) is 7.13. The molecular formula is C12H25ClN2O. The van der Waals surface area contributed by atoms with Crippen molar-refractivity contribution in [1.82, 2.24) is 10.2 Å². The first-order chi connectivity index (χ1) is 7.00. The van der Waals surface area contributed by atoms with Gasteiger partial charge in [0, 0.05) is 13.1 Å². The van der Waals surface area contributed by atoms with Crippen molar-refractivity contribution in [2.75, 3.05) is 19.6 Å². The molecule has 96 valence electrons. The van der Waals surface area contributed by atoms with Crippen LogP contribution in [0.3, 0.4) is 0 Å². The van der Waals surface area contributed by atoms with E-state index in [0.29, 0.717) is 17.7 Å². The first-order valence-corrected chi connectivity index (χ1v) is 6.03. The van der Waals surface area contributed by atoms with Crippen molar-refractivity contribution in [2.45, 2.75) is 40.2 Å². The second-order valence-electron chi connectivity index (χ2n) is 5.33. The van der Waals surface area contributed by atoms with Crippen molar-refractivity contribution in [1.29, 1.82) is 0 Å². The van der Waals surface area contributed by atoms with Crippen LogP contribution in [0.2, 0.25) is 0 Å². The van der Waals surface area contributed by atoms with Gasteiger partial charge in [0.1, 0.15) is 0 Å². The Morgan fingerprint density at radius 3 is 1.94 bits per heavy atom. The summed E-state index contributed by atoms with van der Waals surface area (Å²) in [6, 6.07) is 0.0995. The third-order valence-electron chi connectivity index (χ3n) is 2.60. The number of halogens is 1. The average molecular weight is 249 g/mol. The minimum Gasteiger partial charge on any atom is -0.341 e. The maximum absolute atomic E-state index is 12.1. The van der Waals surface area contributed by atoms with Crippen LogP contribution in [0.25, 0.3) is 0 Å². The van der Waals surface area contributed by atoms with Crippen molar-refractivity contribution >= 4 is 18.3 Å². The molecule has 1 rings (SSSR count). The quantitative estimate of drug-likeness (QED) is 0.806. The summed E-state index contributed by atoms with van der Waals surface area (Å²) in [7, 11) is 0. The minimum absolute atomic E-state index is 0. The summed E-state index contributed by atoms with van der Waals surface area (Å²) >= 11 is 0. The van der Waals surface area contributed by atoms with Gasteiger partial charge in [-0.2, -0.15) is 0 Å². The predicted molar refractivity (Wildman–Crippen MR) is 69.9 cm³/mol. The fourth-order valence-electron chi connectivity index (χ4n) is 1.86. The van der Waals surface area contributed by atoms with E-state index in [1.165, 1.54) is 0 Å². The van der Waals surface area contributed by atoms with Gasteiger partial charge in [0.25, 0.3) is 0 Å². The molecule has 1 amide bonds. The Bertz CT molecular complexity index is 205. The Morgan fingerprint density at radius 2 is 1.69 bits per heavy atom. The lowest BCUT2D eigenvalue weighted by Gasteiger charge is -2.34. The van der Waals surface area contributed by atoms with Crippen molar-refractivity contribution in [3.05, 3.63) is 0 Å². The maximum Gasteiger partial charge on any atom is 0.239 e. The van der Waals surface area contributed by atoms with Crippen LogP contribution in [0, 0.1) is 11.8 Å². The van der Waals surface area contributed by atoms with Crippen LogP contribution in [0.5, 0.6) is 0 Å². The Kier molecular flexibility index (Phi) is 7.00. The molecule has 4 heteroatoms. The number of carbonyl (C=O) groups excluding carboxylic acids is 1. The van der Waals surface area contributed by atoms with Gasteiger partial charge in [0.15, 0.2) is 0 Å². The first kappa shape index (κ1) is 15.7. The number of hydrogen-bond donors (Lipinski definition) is 1. The fourth-order valence-corrected chi connectivity index (χ4v) is 1.86. The largest absolute Gasteiger partial charge is 0.341 e. The molecule has 1 aliphatic rings. The second-order valence-corrected chi connectivity index (χ2v) is 5.33. The van der Waals surface area contributed by atoms with Gasteiger partial charge in [0.2, 0.25) is 5.91 Å². The Hall–Kier alpha value is -0.280. The summed E-state index contributed by atoms with van der Waals surface area (Å²) in [5.74, 6) is 1.39. The van der Waals surface area contributed by atoms with E-state index in [1.54, 1.807) is 0 Å². The molecule has 0 aromatic carbocycles. The molecular weight excluding hydrogens is 224 g/mol. The number of nitrogens with one attached hydrogen (secondary N) is 1. The van der Waals surface area contributed by atoms with Gasteiger partial charge in [-0.15, -0.1) is 12.4 Å². The molecule has 0 radical (unpaired) electrons. The molecule has 0 aromatic rings. The molecule has 0 bridgehead atoms. The summed E-state index contributed by atoms with van der Waals surface area (Å²) in [5, 5.41) is 3.18. The van der Waals surface area contributed by atoms with Crippen LogP contribution in [0.1, 0.15) is 34.1 Å². The van der Waals surface area contributed by atoms with E-state index < -0.39 is 0 Å². The lowest BCUT2D eigenvalue weighted by atomic mass is 10.0. The van der Waals surface area contributed by atoms with Crippen LogP contribution >= 0.6 is 12.4 Å². The molecule has 1 saturated heterocycles. The van der Waals surface area contributed by atoms with E-state index in [-0.39, 0.29) is 18.4 Å². The maximum atomic E-state index is 12.1. The van der Waals surface area contributed by atoms with Crippen LogP contribution in [-0.4, -0.2) is 36.5 Å². The number of carbonyl (C=O) groups is 1. The number of nitrogens with zero attached hydrogens (tertiary/aromatic N) is 1. The summed E-state index contributed by atoms with van der Waals surface area (Å²) in [5.41, 5.74) is 0. The number of hydrogen-bond acceptors (Lipinski definition) is 2. The molecule has 0 spiro atoms. The van der Waals surface area contributed by atoms with E-state index in [1.807, 2.05) is 4.90 Å². The number of amides is 1. The average Bonchev–Trinajstić information content (AvgIpc) is 1.97. The third kappa shape index (κ3) is 4.71. The highest BCUT2D eigenvalue weighted by atomic mass is 35.5. The molecule has 0 aromatic heterocycles. The van der Waals surface area contributed by atoms with Crippen LogP contribution in [0.4, 0.5) is 0 Å². The van der Waals surface area contributed by atoms with E-state index in [0.717, 1.165) is 26.1 Å². The molecule has 0 aliphatic carbocycles. The molecule has 1 fully saturated rings. The van der Waals surface area contributed by atoms with Gasteiger partial charge in [-0.1, -0.05) is 27.7 Å². The highest BCUT2D eigenvalue weighted by Gasteiger charge is 2.29. The van der Waals surface area contributed by atoms with E-state index >= 15 is 0 Å². The zero-order chi connectivity index (χ0) is 11.4. The summed E-state index contributed by atoms with van der Waals surface area (Å²) in [6.07, 6.45) is 1.01. The molecule has 3 nitrogen and oxygen atoms in total. The normalized spacial score (nSPS) is 19.2. The topological polar surface area (TPSA) is 32.3 Å². The van der Waals surface area contributed by atoms with E-state index in [2.05, 4.69) is 33.0 Å². The van der Waals surface area contributed by atoms with Gasteiger partial charge < -0.3 is 10.2 Å². The van der Waals surface area contributed by atoms with Crippen molar-refractivity contribution < 1.29 is 4.79 Å². The molecule has 16 heavy (non-hydrogen) atoms. The van der Waals surface area contributed by atoms with Crippen molar-refractivity contribution in [2.24, 2.45) is 11.8 Å². The van der Waals surface area contributed by atoms with Crippen LogP contribution in [0.15, 0.2) is 0 Å². The van der Waals surface area contributed by atoms with Crippen LogP contribution < -0.4 is 5.32 Å². The molecule has 0 saturated carbocycles. The SMILES string of the molecule is CC(C)CN(CC(C)C)C(=O)[C@H]1CCN1.Cl. The lowest BCUT2D eigenvalue weighted by Crippen LogP contribution is -2.55. The Balaban J connectivity index is 0.00000225. The van der Waals surface area contributed by atoms with Gasteiger partial charge in [-0.25, -0.2) is 0 Å². The first-order valence-electron chi connectivity index (χ1n) is 6.03. The van der Waals surface area contributed by atoms with Gasteiger partial charge in [0.05, 0.1) is 6.04 Å².